The summed E-state index contributed by atoms with van der Waals surface area (Å²) in [5.74, 6) is 1.34. The van der Waals surface area contributed by atoms with Gasteiger partial charge in [-0.15, -0.1) is 0 Å². The van der Waals surface area contributed by atoms with Crippen LogP contribution < -0.4 is 5.32 Å². The third kappa shape index (κ3) is 4.35. The Kier molecular flexibility index (Phi) is 6.88. The van der Waals surface area contributed by atoms with Crippen molar-refractivity contribution in [3.05, 3.63) is 0 Å². The van der Waals surface area contributed by atoms with Crippen molar-refractivity contribution in [3.63, 3.8) is 0 Å². The third-order valence-corrected chi connectivity index (χ3v) is 5.47. The molecule has 0 unspecified atom stereocenters. The van der Waals surface area contributed by atoms with Gasteiger partial charge in [-0.2, -0.15) is 0 Å². The van der Waals surface area contributed by atoms with Gasteiger partial charge in [0.05, 0.1) is 11.3 Å². The quantitative estimate of drug-likeness (QED) is 0.762. The maximum absolute atomic E-state index is 12.3. The maximum Gasteiger partial charge on any atom is 0.226 e. The fourth-order valence-electron chi connectivity index (χ4n) is 2.39. The summed E-state index contributed by atoms with van der Waals surface area (Å²) in [5, 5.41) is 3.10. The number of hydrogen-bond donors (Lipinski definition) is 1. The molecule has 0 aromatic carbocycles. The van der Waals surface area contributed by atoms with Crippen LogP contribution in [0.4, 0.5) is 0 Å². The third-order valence-electron chi connectivity index (χ3n) is 3.74. The lowest BCUT2D eigenvalue weighted by atomic mass is 9.75. The van der Waals surface area contributed by atoms with Crippen molar-refractivity contribution in [1.29, 1.82) is 0 Å². The smallest absolute Gasteiger partial charge is 0.226 e. The second kappa shape index (κ2) is 7.65. The standard InChI is InChI=1S/C13H26N2OS2/c1-5-13(12(16)14-11(2)3)6-8-15(9-7-13)10-18-17-4/h11H,5-10H2,1-4H3,(H,14,16). The van der Waals surface area contributed by atoms with Gasteiger partial charge in [0.2, 0.25) is 5.91 Å². The summed E-state index contributed by atoms with van der Waals surface area (Å²) in [7, 11) is 3.69. The molecule has 0 aromatic heterocycles. The Balaban J connectivity index is 2.51. The zero-order valence-electron chi connectivity index (χ0n) is 12.0. The molecular weight excluding hydrogens is 264 g/mol. The predicted molar refractivity (Wildman–Crippen MR) is 82.8 cm³/mol. The average Bonchev–Trinajstić information content (AvgIpc) is 2.36. The number of nitrogens with zero attached hydrogens (tertiary/aromatic N) is 1. The number of piperidine rings is 1. The molecule has 5 heteroatoms. The molecule has 0 aromatic rings. The van der Waals surface area contributed by atoms with E-state index in [0.717, 1.165) is 38.2 Å². The number of amides is 1. The molecule has 106 valence electrons. The molecule has 0 saturated carbocycles. The number of likely N-dealkylation sites (tertiary alicyclic amines) is 1. The second-order valence-electron chi connectivity index (χ2n) is 5.29. The molecule has 0 spiro atoms. The molecule has 1 fully saturated rings. The van der Waals surface area contributed by atoms with Crippen molar-refractivity contribution < 1.29 is 4.79 Å². The Labute approximate surface area is 119 Å². The Morgan fingerprint density at radius 1 is 1.39 bits per heavy atom. The van der Waals surface area contributed by atoms with E-state index >= 15 is 0 Å². The van der Waals surface area contributed by atoms with E-state index in [1.165, 1.54) is 0 Å². The fraction of sp³-hybridized carbons (Fsp3) is 0.923. The van der Waals surface area contributed by atoms with Gasteiger partial charge in [0.25, 0.3) is 0 Å². The second-order valence-corrected chi connectivity index (χ2v) is 7.83. The van der Waals surface area contributed by atoms with Crippen LogP contribution in [0.3, 0.4) is 0 Å². The highest BCUT2D eigenvalue weighted by Gasteiger charge is 2.39. The van der Waals surface area contributed by atoms with E-state index in [2.05, 4.69) is 23.4 Å². The van der Waals surface area contributed by atoms with E-state index in [1.807, 2.05) is 35.4 Å². The van der Waals surface area contributed by atoms with Gasteiger partial charge < -0.3 is 5.32 Å². The van der Waals surface area contributed by atoms with Crippen LogP contribution in [0.1, 0.15) is 40.0 Å². The maximum atomic E-state index is 12.3. The molecule has 1 heterocycles. The minimum atomic E-state index is -0.120. The average molecular weight is 290 g/mol. The lowest BCUT2D eigenvalue weighted by Gasteiger charge is -2.40. The molecule has 1 aliphatic heterocycles. The lowest BCUT2D eigenvalue weighted by molar-refractivity contribution is -0.134. The van der Waals surface area contributed by atoms with Gasteiger partial charge in [-0.25, -0.2) is 0 Å². The van der Waals surface area contributed by atoms with Crippen LogP contribution >= 0.6 is 21.6 Å². The Morgan fingerprint density at radius 2 is 2.00 bits per heavy atom. The van der Waals surface area contributed by atoms with E-state index in [0.29, 0.717) is 0 Å². The highest BCUT2D eigenvalue weighted by atomic mass is 33.1. The predicted octanol–water partition coefficient (Wildman–Crippen LogP) is 2.97. The molecule has 0 bridgehead atoms. The summed E-state index contributed by atoms with van der Waals surface area (Å²) in [5.41, 5.74) is -0.120. The van der Waals surface area contributed by atoms with Crippen LogP contribution in [0.5, 0.6) is 0 Å². The van der Waals surface area contributed by atoms with Crippen molar-refractivity contribution in [2.24, 2.45) is 5.41 Å². The highest BCUT2D eigenvalue weighted by Crippen LogP contribution is 2.36. The van der Waals surface area contributed by atoms with Gasteiger partial charge in [0, 0.05) is 19.1 Å². The van der Waals surface area contributed by atoms with E-state index in [4.69, 9.17) is 0 Å². The molecule has 0 atom stereocenters. The van der Waals surface area contributed by atoms with Crippen molar-refractivity contribution >= 4 is 27.5 Å². The van der Waals surface area contributed by atoms with Gasteiger partial charge in [-0.3, -0.25) is 9.69 Å². The number of carbonyl (C=O) groups excluding carboxylic acids is 1. The van der Waals surface area contributed by atoms with Crippen molar-refractivity contribution in [2.45, 2.75) is 46.1 Å². The summed E-state index contributed by atoms with van der Waals surface area (Å²) < 4.78 is 0. The van der Waals surface area contributed by atoms with Gasteiger partial charge in [0.15, 0.2) is 0 Å². The Bertz CT molecular complexity index is 264. The van der Waals surface area contributed by atoms with Crippen molar-refractivity contribution in [2.75, 3.05) is 25.2 Å². The molecule has 1 saturated heterocycles. The first kappa shape index (κ1) is 16.2. The zero-order chi connectivity index (χ0) is 13.6. The SMILES string of the molecule is CCC1(C(=O)NC(C)C)CCN(CSSC)CC1. The van der Waals surface area contributed by atoms with Gasteiger partial charge in [-0.05, 0) is 39.4 Å². The zero-order valence-corrected chi connectivity index (χ0v) is 13.6. The van der Waals surface area contributed by atoms with Crippen molar-refractivity contribution in [3.8, 4) is 0 Å². The highest BCUT2D eigenvalue weighted by molar-refractivity contribution is 8.76. The van der Waals surface area contributed by atoms with Gasteiger partial charge in [0.1, 0.15) is 0 Å². The van der Waals surface area contributed by atoms with Crippen LogP contribution in [0, 0.1) is 5.41 Å². The molecule has 0 radical (unpaired) electrons. The minimum Gasteiger partial charge on any atom is -0.353 e. The molecule has 1 aliphatic rings. The van der Waals surface area contributed by atoms with E-state index in [9.17, 15) is 4.79 Å². The first-order chi connectivity index (χ1) is 8.54. The summed E-state index contributed by atoms with van der Waals surface area (Å²) in [6.45, 7) is 8.31. The fourth-order valence-corrected chi connectivity index (χ4v) is 3.67. The summed E-state index contributed by atoms with van der Waals surface area (Å²) in [6.07, 6.45) is 5.06. The van der Waals surface area contributed by atoms with E-state index in [-0.39, 0.29) is 17.4 Å². The van der Waals surface area contributed by atoms with Gasteiger partial charge >= 0.3 is 0 Å². The Morgan fingerprint density at radius 3 is 2.44 bits per heavy atom. The topological polar surface area (TPSA) is 32.3 Å². The summed E-state index contributed by atoms with van der Waals surface area (Å²) >= 11 is 0. The minimum absolute atomic E-state index is 0.120. The normalized spacial score (nSPS) is 20.1. The van der Waals surface area contributed by atoms with Crippen molar-refractivity contribution in [1.82, 2.24) is 10.2 Å². The van der Waals surface area contributed by atoms with E-state index in [1.54, 1.807) is 0 Å². The Hall–Kier alpha value is 0.130. The van der Waals surface area contributed by atoms with Crippen LogP contribution in [0.2, 0.25) is 0 Å². The van der Waals surface area contributed by atoms with Crippen LogP contribution in [0.15, 0.2) is 0 Å². The lowest BCUT2D eigenvalue weighted by Crippen LogP contribution is -2.49. The molecule has 3 nitrogen and oxygen atoms in total. The molecule has 0 aliphatic carbocycles. The van der Waals surface area contributed by atoms with Crippen LogP contribution in [0.25, 0.3) is 0 Å². The van der Waals surface area contributed by atoms with Gasteiger partial charge in [-0.1, -0.05) is 28.5 Å². The first-order valence-electron chi connectivity index (χ1n) is 6.73. The molecular formula is C13H26N2OS2. The number of rotatable bonds is 6. The van der Waals surface area contributed by atoms with Crippen LogP contribution in [-0.2, 0) is 4.79 Å². The van der Waals surface area contributed by atoms with E-state index < -0.39 is 0 Å². The monoisotopic (exact) mass is 290 g/mol. The number of carbonyl (C=O) groups is 1. The summed E-state index contributed by atoms with van der Waals surface area (Å²) in [6, 6.07) is 0.242. The largest absolute Gasteiger partial charge is 0.353 e. The molecule has 1 N–H and O–H groups in total. The first-order valence-corrected chi connectivity index (χ1v) is 9.45. The number of hydrogen-bond acceptors (Lipinski definition) is 4. The summed E-state index contributed by atoms with van der Waals surface area (Å²) in [4.78, 5) is 14.8. The van der Waals surface area contributed by atoms with Crippen LogP contribution in [-0.4, -0.2) is 42.1 Å². The molecule has 18 heavy (non-hydrogen) atoms. The number of nitrogens with one attached hydrogen (secondary N) is 1. The molecule has 1 amide bonds. The molecule has 1 rings (SSSR count).